The highest BCUT2D eigenvalue weighted by atomic mass is 35.5. The van der Waals surface area contributed by atoms with Gasteiger partial charge in [0.25, 0.3) is 0 Å². The number of ether oxygens (including phenoxy) is 1. The molecule has 1 aliphatic rings. The Kier molecular flexibility index (Phi) is 5.69. The second kappa shape index (κ2) is 8.24. The number of pyridine rings is 1. The van der Waals surface area contributed by atoms with Crippen LogP contribution in [0.1, 0.15) is 44.7 Å². The third-order valence-electron chi connectivity index (χ3n) is 5.15. The van der Waals surface area contributed by atoms with Crippen LogP contribution in [0.5, 0.6) is 6.01 Å². The molecule has 29 heavy (non-hydrogen) atoms. The van der Waals surface area contributed by atoms with Gasteiger partial charge in [0, 0.05) is 34.2 Å². The second-order valence-corrected chi connectivity index (χ2v) is 9.18. The first-order valence-electron chi connectivity index (χ1n) is 9.67. The molecule has 1 N–H and O–H groups in total. The topological polar surface area (TPSA) is 72.8 Å². The molecule has 3 aromatic rings. The second-order valence-electron chi connectivity index (χ2n) is 7.54. The third kappa shape index (κ3) is 4.67. The molecule has 152 valence electrons. The van der Waals surface area contributed by atoms with Crippen molar-refractivity contribution in [2.24, 2.45) is 5.92 Å². The summed E-state index contributed by atoms with van der Waals surface area (Å²) in [5.74, 6) is 1.58. The Morgan fingerprint density at radius 2 is 2.03 bits per heavy atom. The Balaban J connectivity index is 1.39. The summed E-state index contributed by atoms with van der Waals surface area (Å²) in [7, 11) is 0. The summed E-state index contributed by atoms with van der Waals surface area (Å²) < 4.78 is 5.88. The van der Waals surface area contributed by atoms with Crippen LogP contribution in [0.3, 0.4) is 0 Å². The van der Waals surface area contributed by atoms with Crippen molar-refractivity contribution in [1.29, 1.82) is 0 Å². The van der Waals surface area contributed by atoms with Gasteiger partial charge in [0.15, 0.2) is 0 Å². The maximum atomic E-state index is 6.32. The van der Waals surface area contributed by atoms with Crippen LogP contribution in [0.4, 0.5) is 5.82 Å². The fourth-order valence-electron chi connectivity index (χ4n) is 3.35. The Morgan fingerprint density at radius 1 is 1.21 bits per heavy atom. The standard InChI is InChI=1S/C21H24ClN5OS/c1-11-5-6-23-17(7-11)16-8-15(16)10-28-21-26-19(22)12(2)20(27-21)24-9-18-13(3)25-14(4)29-18/h5-7,15-16H,8-10H2,1-4H3,(H,24,26,27). The normalized spacial score (nSPS) is 18.0. The maximum Gasteiger partial charge on any atom is 0.319 e. The highest BCUT2D eigenvalue weighted by Gasteiger charge is 2.40. The largest absolute Gasteiger partial charge is 0.463 e. The number of hydrogen-bond donors (Lipinski definition) is 1. The summed E-state index contributed by atoms with van der Waals surface area (Å²) in [6, 6.07) is 4.47. The first kappa shape index (κ1) is 20.0. The average molecular weight is 430 g/mol. The molecule has 0 spiro atoms. The van der Waals surface area contributed by atoms with Crippen molar-refractivity contribution in [3.8, 4) is 6.01 Å². The van der Waals surface area contributed by atoms with Crippen LogP contribution in [0.2, 0.25) is 5.15 Å². The van der Waals surface area contributed by atoms with E-state index in [-0.39, 0.29) is 0 Å². The fourth-order valence-corrected chi connectivity index (χ4v) is 4.38. The molecule has 0 aliphatic heterocycles. The predicted molar refractivity (Wildman–Crippen MR) is 116 cm³/mol. The molecule has 0 amide bonds. The Labute approximate surface area is 179 Å². The molecule has 1 saturated carbocycles. The van der Waals surface area contributed by atoms with Gasteiger partial charge in [-0.15, -0.1) is 11.3 Å². The number of nitrogens with one attached hydrogen (secondary N) is 1. The fraction of sp³-hybridized carbons (Fsp3) is 0.429. The van der Waals surface area contributed by atoms with E-state index in [1.165, 1.54) is 10.4 Å². The van der Waals surface area contributed by atoms with Gasteiger partial charge in [0.1, 0.15) is 11.0 Å². The van der Waals surface area contributed by atoms with Crippen LogP contribution in [0, 0.1) is 33.6 Å². The van der Waals surface area contributed by atoms with Gasteiger partial charge in [-0.05, 0) is 51.8 Å². The predicted octanol–water partition coefficient (Wildman–Crippen LogP) is 5.01. The minimum absolute atomic E-state index is 0.308. The van der Waals surface area contributed by atoms with E-state index in [4.69, 9.17) is 16.3 Å². The number of aryl methyl sites for hydroxylation is 3. The van der Waals surface area contributed by atoms with E-state index in [9.17, 15) is 0 Å². The molecule has 0 aromatic carbocycles. The Hall–Kier alpha value is -2.25. The monoisotopic (exact) mass is 429 g/mol. The molecule has 3 heterocycles. The van der Waals surface area contributed by atoms with E-state index >= 15 is 0 Å². The highest BCUT2D eigenvalue weighted by Crippen LogP contribution is 2.46. The lowest BCUT2D eigenvalue weighted by molar-refractivity contribution is 0.274. The Bertz CT molecular complexity index is 1040. The van der Waals surface area contributed by atoms with Crippen molar-refractivity contribution in [2.75, 3.05) is 11.9 Å². The van der Waals surface area contributed by atoms with Crippen LogP contribution in [0.15, 0.2) is 18.3 Å². The van der Waals surface area contributed by atoms with Crippen molar-refractivity contribution in [3.05, 3.63) is 55.9 Å². The lowest BCUT2D eigenvalue weighted by Crippen LogP contribution is -2.09. The number of anilines is 1. The molecule has 4 rings (SSSR count). The number of thiazole rings is 1. The summed E-state index contributed by atoms with van der Waals surface area (Å²) >= 11 is 8.00. The smallest absolute Gasteiger partial charge is 0.319 e. The summed E-state index contributed by atoms with van der Waals surface area (Å²) in [5, 5.41) is 4.82. The Morgan fingerprint density at radius 3 is 2.76 bits per heavy atom. The van der Waals surface area contributed by atoms with Crippen LogP contribution < -0.4 is 10.1 Å². The minimum atomic E-state index is 0.308. The minimum Gasteiger partial charge on any atom is -0.463 e. The molecule has 0 radical (unpaired) electrons. The zero-order valence-electron chi connectivity index (χ0n) is 17.0. The summed E-state index contributed by atoms with van der Waals surface area (Å²) in [6.07, 6.45) is 2.94. The van der Waals surface area contributed by atoms with E-state index in [1.54, 1.807) is 11.3 Å². The van der Waals surface area contributed by atoms with Gasteiger partial charge in [-0.2, -0.15) is 9.97 Å². The lowest BCUT2D eigenvalue weighted by atomic mass is 10.2. The third-order valence-corrected chi connectivity index (χ3v) is 6.59. The first-order chi connectivity index (χ1) is 13.9. The number of rotatable bonds is 7. The van der Waals surface area contributed by atoms with Gasteiger partial charge in [-0.25, -0.2) is 4.98 Å². The SMILES string of the molecule is Cc1ccnc(C2CC2COc2nc(Cl)c(C)c(NCc3sc(C)nc3C)n2)c1. The maximum absolute atomic E-state index is 6.32. The van der Waals surface area contributed by atoms with Gasteiger partial charge < -0.3 is 10.1 Å². The van der Waals surface area contributed by atoms with Gasteiger partial charge in [0.05, 0.1) is 23.9 Å². The van der Waals surface area contributed by atoms with Crippen LogP contribution in [-0.4, -0.2) is 26.5 Å². The average Bonchev–Trinajstić information content (AvgIpc) is 3.39. The molecule has 1 aliphatic carbocycles. The molecule has 0 bridgehead atoms. The zero-order chi connectivity index (χ0) is 20.5. The van der Waals surface area contributed by atoms with Crippen molar-refractivity contribution in [1.82, 2.24) is 19.9 Å². The van der Waals surface area contributed by atoms with E-state index in [1.807, 2.05) is 33.0 Å². The molecule has 2 atom stereocenters. The van der Waals surface area contributed by atoms with E-state index in [0.717, 1.165) is 28.4 Å². The first-order valence-corrected chi connectivity index (χ1v) is 10.9. The summed E-state index contributed by atoms with van der Waals surface area (Å²) in [5.41, 5.74) is 4.22. The van der Waals surface area contributed by atoms with Crippen molar-refractivity contribution < 1.29 is 4.74 Å². The molecule has 6 nitrogen and oxygen atoms in total. The van der Waals surface area contributed by atoms with Crippen LogP contribution in [0.25, 0.3) is 0 Å². The molecular weight excluding hydrogens is 406 g/mol. The van der Waals surface area contributed by atoms with E-state index in [0.29, 0.717) is 42.0 Å². The quantitative estimate of drug-likeness (QED) is 0.532. The molecule has 0 saturated heterocycles. The van der Waals surface area contributed by atoms with Gasteiger partial charge in [0.2, 0.25) is 0 Å². The zero-order valence-corrected chi connectivity index (χ0v) is 18.6. The highest BCUT2D eigenvalue weighted by molar-refractivity contribution is 7.11. The van der Waals surface area contributed by atoms with E-state index < -0.39 is 0 Å². The number of nitrogens with zero attached hydrogens (tertiary/aromatic N) is 4. The molecule has 3 aromatic heterocycles. The van der Waals surface area contributed by atoms with Crippen LogP contribution >= 0.6 is 22.9 Å². The molecule has 8 heteroatoms. The van der Waals surface area contributed by atoms with Gasteiger partial charge in [-0.1, -0.05) is 11.6 Å². The van der Waals surface area contributed by atoms with E-state index in [2.05, 4.69) is 38.2 Å². The number of aromatic nitrogens is 4. The van der Waals surface area contributed by atoms with Crippen molar-refractivity contribution in [2.45, 2.75) is 46.6 Å². The summed E-state index contributed by atoms with van der Waals surface area (Å²) in [4.78, 5) is 19.0. The molecular formula is C21H24ClN5OS. The molecule has 1 fully saturated rings. The van der Waals surface area contributed by atoms with Gasteiger partial charge in [-0.3, -0.25) is 4.98 Å². The lowest BCUT2D eigenvalue weighted by Gasteiger charge is -2.11. The van der Waals surface area contributed by atoms with Crippen LogP contribution in [-0.2, 0) is 6.54 Å². The van der Waals surface area contributed by atoms with Gasteiger partial charge >= 0.3 is 6.01 Å². The number of halogens is 1. The van der Waals surface area contributed by atoms with Crippen molar-refractivity contribution in [3.63, 3.8) is 0 Å². The molecule has 2 unspecified atom stereocenters. The summed E-state index contributed by atoms with van der Waals surface area (Å²) in [6.45, 7) is 9.23. The van der Waals surface area contributed by atoms with Crippen molar-refractivity contribution >= 4 is 28.8 Å². The number of hydrogen-bond acceptors (Lipinski definition) is 7.